The topological polar surface area (TPSA) is 26.3 Å². The van der Waals surface area contributed by atoms with Crippen LogP contribution in [0.1, 0.15) is 25.0 Å². The molecular weight excluding hydrogens is 232 g/mol. The number of hydrogen-bond acceptors (Lipinski definition) is 3. The molecule has 1 aromatic carbocycles. The average molecular weight is 250 g/mol. The van der Waals surface area contributed by atoms with Crippen LogP contribution >= 0.6 is 11.8 Å². The third-order valence-corrected chi connectivity index (χ3v) is 4.48. The molecule has 2 rings (SSSR count). The number of benzene rings is 1. The molecule has 1 aliphatic heterocycles. The summed E-state index contributed by atoms with van der Waals surface area (Å²) < 4.78 is 5.36. The number of carbonyl (C=O) groups is 1. The molecule has 0 amide bonds. The fourth-order valence-corrected chi connectivity index (χ4v) is 3.02. The molecular formula is C14H18O2S. The number of cyclic esters (lactones) is 1. The fraction of sp³-hybridized carbons (Fsp3) is 0.500. The van der Waals surface area contributed by atoms with Crippen LogP contribution in [0, 0.1) is 12.8 Å². The lowest BCUT2D eigenvalue weighted by Crippen LogP contribution is -2.17. The zero-order valence-electron chi connectivity index (χ0n) is 10.5. The van der Waals surface area contributed by atoms with Gasteiger partial charge in [-0.25, -0.2) is 0 Å². The monoisotopic (exact) mass is 250 g/mol. The van der Waals surface area contributed by atoms with E-state index in [2.05, 4.69) is 38.1 Å². The Labute approximate surface area is 107 Å². The predicted octanol–water partition coefficient (Wildman–Crippen LogP) is 3.18. The minimum absolute atomic E-state index is 0.0128. The molecule has 1 heterocycles. The van der Waals surface area contributed by atoms with Crippen LogP contribution in [-0.4, -0.2) is 16.7 Å². The summed E-state index contributed by atoms with van der Waals surface area (Å²) in [5.74, 6) is 0.285. The van der Waals surface area contributed by atoms with Crippen molar-refractivity contribution in [2.24, 2.45) is 5.92 Å². The molecule has 2 nitrogen and oxygen atoms in total. The molecule has 0 aromatic heterocycles. The first-order valence-electron chi connectivity index (χ1n) is 5.98. The Balaban J connectivity index is 1.95. The second-order valence-corrected chi connectivity index (χ2v) is 6.19. The summed E-state index contributed by atoms with van der Waals surface area (Å²) in [7, 11) is 0. The maximum atomic E-state index is 11.3. The normalized spacial score (nSPS) is 25.7. The van der Waals surface area contributed by atoms with Gasteiger partial charge in [0.2, 0.25) is 0 Å². The van der Waals surface area contributed by atoms with Crippen LogP contribution in [-0.2, 0) is 16.0 Å². The summed E-state index contributed by atoms with van der Waals surface area (Å²) in [4.78, 5) is 11.3. The van der Waals surface area contributed by atoms with Crippen molar-refractivity contribution in [1.82, 2.24) is 0 Å². The van der Waals surface area contributed by atoms with Crippen molar-refractivity contribution in [3.8, 4) is 0 Å². The smallest absolute Gasteiger partial charge is 0.320 e. The van der Waals surface area contributed by atoms with Gasteiger partial charge in [-0.1, -0.05) is 36.8 Å². The lowest BCUT2D eigenvalue weighted by Gasteiger charge is -2.17. The Morgan fingerprint density at radius 3 is 2.53 bits per heavy atom. The van der Waals surface area contributed by atoms with Gasteiger partial charge in [-0.3, -0.25) is 4.79 Å². The summed E-state index contributed by atoms with van der Waals surface area (Å²) in [5.41, 5.74) is 2.59. The van der Waals surface area contributed by atoms with Gasteiger partial charge < -0.3 is 4.74 Å². The molecule has 3 heteroatoms. The Morgan fingerprint density at radius 2 is 2.00 bits per heavy atom. The van der Waals surface area contributed by atoms with Crippen molar-refractivity contribution in [3.05, 3.63) is 35.4 Å². The molecule has 1 saturated heterocycles. The van der Waals surface area contributed by atoms with E-state index in [0.717, 1.165) is 6.42 Å². The van der Waals surface area contributed by atoms with Crippen LogP contribution in [0.15, 0.2) is 24.3 Å². The van der Waals surface area contributed by atoms with Gasteiger partial charge in [0.25, 0.3) is 0 Å². The zero-order chi connectivity index (χ0) is 12.4. The summed E-state index contributed by atoms with van der Waals surface area (Å²) in [6, 6.07) is 8.55. The number of hydrogen-bond donors (Lipinski definition) is 0. The molecule has 1 fully saturated rings. The summed E-state index contributed by atoms with van der Waals surface area (Å²) in [6.07, 6.45) is 0.956. The fourth-order valence-electron chi connectivity index (χ4n) is 1.94. The summed E-state index contributed by atoms with van der Waals surface area (Å²) >= 11 is 1.63. The van der Waals surface area contributed by atoms with Crippen molar-refractivity contribution in [1.29, 1.82) is 0 Å². The SMILES string of the molecule is Cc1ccc(CC(C)C2OC(=O)C(C)S2)cc1. The molecule has 1 aliphatic rings. The van der Waals surface area contributed by atoms with Gasteiger partial charge in [-0.05, 0) is 25.8 Å². The van der Waals surface area contributed by atoms with Gasteiger partial charge in [0, 0.05) is 5.92 Å². The van der Waals surface area contributed by atoms with Crippen molar-refractivity contribution in [2.45, 2.75) is 37.9 Å². The average Bonchev–Trinajstić information content (AvgIpc) is 2.63. The van der Waals surface area contributed by atoms with E-state index in [9.17, 15) is 4.79 Å². The van der Waals surface area contributed by atoms with Gasteiger partial charge in [0.15, 0.2) is 5.44 Å². The number of rotatable bonds is 3. The molecule has 0 N–H and O–H groups in total. The van der Waals surface area contributed by atoms with Gasteiger partial charge in [0.05, 0.1) is 0 Å². The molecule has 0 bridgehead atoms. The number of ether oxygens (including phenoxy) is 1. The first kappa shape index (κ1) is 12.5. The molecule has 3 unspecified atom stereocenters. The number of esters is 1. The predicted molar refractivity (Wildman–Crippen MR) is 71.0 cm³/mol. The van der Waals surface area contributed by atoms with Crippen LogP contribution in [0.2, 0.25) is 0 Å². The molecule has 17 heavy (non-hydrogen) atoms. The third-order valence-electron chi connectivity index (χ3n) is 3.05. The van der Waals surface area contributed by atoms with E-state index in [1.807, 2.05) is 6.92 Å². The Bertz CT molecular complexity index is 399. The standard InChI is InChI=1S/C14H18O2S/c1-9-4-6-12(7-5-9)8-10(2)14-16-13(15)11(3)17-14/h4-7,10-11,14H,8H2,1-3H3. The Kier molecular flexibility index (Phi) is 3.77. The van der Waals surface area contributed by atoms with Gasteiger partial charge >= 0.3 is 5.97 Å². The maximum Gasteiger partial charge on any atom is 0.320 e. The van der Waals surface area contributed by atoms with Crippen LogP contribution in [0.3, 0.4) is 0 Å². The quantitative estimate of drug-likeness (QED) is 0.771. The zero-order valence-corrected chi connectivity index (χ0v) is 11.3. The van der Waals surface area contributed by atoms with Crippen LogP contribution < -0.4 is 0 Å². The maximum absolute atomic E-state index is 11.3. The first-order chi connectivity index (χ1) is 8.06. The summed E-state index contributed by atoms with van der Waals surface area (Å²) in [5, 5.41) is -0.0135. The molecule has 0 aliphatic carbocycles. The van der Waals surface area contributed by atoms with Crippen molar-refractivity contribution in [2.75, 3.05) is 0 Å². The Hall–Kier alpha value is -0.960. The third kappa shape index (κ3) is 3.03. The second kappa shape index (κ2) is 5.13. The molecule has 0 spiro atoms. The van der Waals surface area contributed by atoms with E-state index >= 15 is 0 Å². The second-order valence-electron chi connectivity index (χ2n) is 4.75. The molecule has 3 atom stereocenters. The van der Waals surface area contributed by atoms with Crippen LogP contribution in [0.5, 0.6) is 0 Å². The Morgan fingerprint density at radius 1 is 1.35 bits per heavy atom. The number of aryl methyl sites for hydroxylation is 1. The molecule has 1 aromatic rings. The van der Waals surface area contributed by atoms with Gasteiger partial charge in [-0.15, -0.1) is 11.8 Å². The van der Waals surface area contributed by atoms with E-state index in [1.165, 1.54) is 11.1 Å². The van der Waals surface area contributed by atoms with Gasteiger partial charge in [-0.2, -0.15) is 0 Å². The molecule has 0 radical (unpaired) electrons. The highest BCUT2D eigenvalue weighted by atomic mass is 32.2. The van der Waals surface area contributed by atoms with Crippen LogP contribution in [0.25, 0.3) is 0 Å². The molecule has 92 valence electrons. The van der Waals surface area contributed by atoms with E-state index in [0.29, 0.717) is 5.92 Å². The van der Waals surface area contributed by atoms with E-state index in [4.69, 9.17) is 4.74 Å². The lowest BCUT2D eigenvalue weighted by molar-refractivity contribution is -0.143. The minimum Gasteiger partial charge on any atom is -0.450 e. The van der Waals surface area contributed by atoms with Crippen molar-refractivity contribution >= 4 is 17.7 Å². The largest absolute Gasteiger partial charge is 0.450 e. The van der Waals surface area contributed by atoms with E-state index in [1.54, 1.807) is 11.8 Å². The van der Waals surface area contributed by atoms with E-state index in [-0.39, 0.29) is 16.7 Å². The highest BCUT2D eigenvalue weighted by Gasteiger charge is 2.34. The number of thioether (sulfide) groups is 1. The lowest BCUT2D eigenvalue weighted by atomic mass is 10.0. The highest BCUT2D eigenvalue weighted by Crippen LogP contribution is 2.34. The van der Waals surface area contributed by atoms with Crippen LogP contribution in [0.4, 0.5) is 0 Å². The summed E-state index contributed by atoms with van der Waals surface area (Å²) in [6.45, 7) is 6.14. The molecule has 0 saturated carbocycles. The van der Waals surface area contributed by atoms with Gasteiger partial charge in [0.1, 0.15) is 5.25 Å². The van der Waals surface area contributed by atoms with Crippen molar-refractivity contribution in [3.63, 3.8) is 0 Å². The van der Waals surface area contributed by atoms with Crippen molar-refractivity contribution < 1.29 is 9.53 Å². The minimum atomic E-state index is -0.0734. The first-order valence-corrected chi connectivity index (χ1v) is 6.92. The highest BCUT2D eigenvalue weighted by molar-refractivity contribution is 8.01. The van der Waals surface area contributed by atoms with E-state index < -0.39 is 0 Å². The number of carbonyl (C=O) groups excluding carboxylic acids is 1.